The Morgan fingerprint density at radius 3 is 2.92 bits per heavy atom. The summed E-state index contributed by atoms with van der Waals surface area (Å²) < 4.78 is 6.05. The molecule has 2 aromatic heterocycles. The number of nitrogens with zero attached hydrogens (tertiary/aromatic N) is 3. The van der Waals surface area contributed by atoms with Crippen molar-refractivity contribution >= 4 is 16.7 Å². The summed E-state index contributed by atoms with van der Waals surface area (Å²) >= 11 is 0. The Hall–Kier alpha value is -2.70. The van der Waals surface area contributed by atoms with Gasteiger partial charge in [0.05, 0.1) is 5.52 Å². The predicted octanol–water partition coefficient (Wildman–Crippen LogP) is 2.23. The largest absolute Gasteiger partial charge is 0.488 e. The summed E-state index contributed by atoms with van der Waals surface area (Å²) in [5.74, 6) is 1.27. The van der Waals surface area contributed by atoms with E-state index in [1.54, 1.807) is 12.4 Å². The van der Waals surface area contributed by atoms with Crippen molar-refractivity contribution in [2.24, 2.45) is 0 Å². The van der Waals surface area contributed by atoms with E-state index >= 15 is 0 Å². The van der Waals surface area contributed by atoms with Gasteiger partial charge >= 0.3 is 0 Å². The molecule has 0 saturated carbocycles. The van der Waals surface area contributed by atoms with Gasteiger partial charge in [0.15, 0.2) is 0 Å². The Morgan fingerprint density at radius 2 is 2.08 bits per heavy atom. The fourth-order valence-corrected chi connectivity index (χ4v) is 3.40. The summed E-state index contributed by atoms with van der Waals surface area (Å²) in [4.78, 5) is 10.6. The summed E-state index contributed by atoms with van der Waals surface area (Å²) in [5, 5.41) is 11.6. The molecule has 1 aromatic carbocycles. The molecule has 3 heterocycles. The van der Waals surface area contributed by atoms with Crippen LogP contribution in [-0.4, -0.2) is 45.3 Å². The van der Waals surface area contributed by atoms with E-state index in [9.17, 15) is 5.11 Å². The van der Waals surface area contributed by atoms with E-state index in [2.05, 4.69) is 14.9 Å². The molecule has 0 amide bonds. The number of anilines is 1. The van der Waals surface area contributed by atoms with E-state index in [1.807, 2.05) is 42.5 Å². The number of nitrogens with two attached hydrogens (primary N) is 1. The molecule has 0 spiro atoms. The lowest BCUT2D eigenvalue weighted by Gasteiger charge is -2.36. The maximum atomic E-state index is 10.5. The van der Waals surface area contributed by atoms with Crippen molar-refractivity contribution in [2.45, 2.75) is 25.2 Å². The molecule has 4 rings (SSSR count). The van der Waals surface area contributed by atoms with E-state index in [1.165, 1.54) is 0 Å². The molecule has 134 valence electrons. The summed E-state index contributed by atoms with van der Waals surface area (Å²) in [6, 6.07) is 13.6. The third-order valence-electron chi connectivity index (χ3n) is 4.72. The number of likely N-dealkylation sites (tertiary alicyclic amines) is 1. The lowest BCUT2D eigenvalue weighted by atomic mass is 10.0. The van der Waals surface area contributed by atoms with Crippen LogP contribution in [0.2, 0.25) is 0 Å². The molecule has 0 radical (unpaired) electrons. The summed E-state index contributed by atoms with van der Waals surface area (Å²) in [7, 11) is 0. The molecule has 0 aliphatic carbocycles. The van der Waals surface area contributed by atoms with Gasteiger partial charge in [-0.1, -0.05) is 6.07 Å². The molecule has 3 N–H and O–H groups in total. The van der Waals surface area contributed by atoms with Crippen molar-refractivity contribution in [3.8, 4) is 5.75 Å². The topological polar surface area (TPSA) is 84.5 Å². The standard InChI is InChI=1S/C20H22N4O2/c21-20-10-14(5-8-23-20)12-24-9-6-19(18(25)13-24)26-16-4-3-15-2-1-7-22-17(15)11-16/h1-5,7-8,10-11,18-19,25H,6,9,12-13H2,(H2,21,23)/t18-,19-/m1/s1. The van der Waals surface area contributed by atoms with Gasteiger partial charge in [0.25, 0.3) is 0 Å². The number of fused-ring (bicyclic) bond motifs is 1. The Balaban J connectivity index is 1.38. The number of ether oxygens (including phenoxy) is 1. The zero-order chi connectivity index (χ0) is 17.9. The molecule has 26 heavy (non-hydrogen) atoms. The number of aromatic nitrogens is 2. The van der Waals surface area contributed by atoms with Gasteiger partial charge in [0, 0.05) is 43.5 Å². The number of pyridine rings is 2. The van der Waals surface area contributed by atoms with E-state index < -0.39 is 6.10 Å². The molecule has 1 aliphatic rings. The van der Waals surface area contributed by atoms with Crippen LogP contribution in [0, 0.1) is 0 Å². The minimum atomic E-state index is -0.539. The second-order valence-electron chi connectivity index (χ2n) is 6.69. The second kappa shape index (κ2) is 7.27. The Morgan fingerprint density at radius 1 is 1.15 bits per heavy atom. The highest BCUT2D eigenvalue weighted by Gasteiger charge is 2.29. The number of β-amino-alcohol motifs (C(OH)–C–C–N with tert-alkyl or cyclic N) is 1. The fourth-order valence-electron chi connectivity index (χ4n) is 3.40. The van der Waals surface area contributed by atoms with Gasteiger partial charge in [-0.3, -0.25) is 9.88 Å². The lowest BCUT2D eigenvalue weighted by Crippen LogP contribution is -2.48. The van der Waals surface area contributed by atoms with Gasteiger partial charge in [-0.25, -0.2) is 4.98 Å². The zero-order valence-electron chi connectivity index (χ0n) is 14.5. The number of hydrogen-bond donors (Lipinski definition) is 2. The first kappa shape index (κ1) is 16.8. The van der Waals surface area contributed by atoms with Gasteiger partial charge in [0.2, 0.25) is 0 Å². The van der Waals surface area contributed by atoms with Crippen molar-refractivity contribution in [1.82, 2.24) is 14.9 Å². The average Bonchev–Trinajstić information content (AvgIpc) is 2.64. The van der Waals surface area contributed by atoms with Gasteiger partial charge in [0.1, 0.15) is 23.8 Å². The lowest BCUT2D eigenvalue weighted by molar-refractivity contribution is -0.0274. The van der Waals surface area contributed by atoms with Crippen molar-refractivity contribution in [3.63, 3.8) is 0 Å². The van der Waals surface area contributed by atoms with E-state index in [4.69, 9.17) is 10.5 Å². The van der Waals surface area contributed by atoms with Gasteiger partial charge in [-0.05, 0) is 42.3 Å². The van der Waals surface area contributed by atoms with Crippen LogP contribution in [0.1, 0.15) is 12.0 Å². The summed E-state index contributed by atoms with van der Waals surface area (Å²) in [6.07, 6.45) is 3.50. The molecule has 1 aliphatic heterocycles. The second-order valence-corrected chi connectivity index (χ2v) is 6.69. The van der Waals surface area contributed by atoms with E-state index in [0.29, 0.717) is 12.4 Å². The highest BCUT2D eigenvalue weighted by molar-refractivity contribution is 5.79. The Kier molecular flexibility index (Phi) is 4.69. The summed E-state index contributed by atoms with van der Waals surface area (Å²) in [5.41, 5.74) is 7.73. The van der Waals surface area contributed by atoms with E-state index in [0.717, 1.165) is 41.7 Å². The first-order chi connectivity index (χ1) is 12.7. The minimum Gasteiger partial charge on any atom is -0.488 e. The van der Waals surface area contributed by atoms with Crippen LogP contribution < -0.4 is 10.5 Å². The molecule has 6 nitrogen and oxygen atoms in total. The Labute approximate surface area is 152 Å². The fraction of sp³-hybridized carbons (Fsp3) is 0.300. The predicted molar refractivity (Wildman–Crippen MR) is 101 cm³/mol. The number of hydrogen-bond acceptors (Lipinski definition) is 6. The highest BCUT2D eigenvalue weighted by atomic mass is 16.5. The molecule has 1 fully saturated rings. The number of benzene rings is 1. The molecule has 0 unspecified atom stereocenters. The molecular weight excluding hydrogens is 328 g/mol. The highest BCUT2D eigenvalue weighted by Crippen LogP contribution is 2.24. The molecule has 3 aromatic rings. The number of nitrogen functional groups attached to an aromatic ring is 1. The van der Waals surface area contributed by atoms with Crippen LogP contribution in [0.4, 0.5) is 5.82 Å². The maximum absolute atomic E-state index is 10.5. The SMILES string of the molecule is Nc1cc(CN2CC[C@@H](Oc3ccc4cccnc4c3)[C@H](O)C2)ccn1. The molecule has 6 heteroatoms. The van der Waals surface area contributed by atoms with Gasteiger partial charge in [-0.2, -0.15) is 0 Å². The third kappa shape index (κ3) is 3.76. The average molecular weight is 350 g/mol. The maximum Gasteiger partial charge on any atom is 0.127 e. The van der Waals surface area contributed by atoms with Crippen LogP contribution in [0.15, 0.2) is 54.9 Å². The third-order valence-corrected chi connectivity index (χ3v) is 4.72. The Bertz CT molecular complexity index is 902. The van der Waals surface area contributed by atoms with Crippen LogP contribution in [0.25, 0.3) is 10.9 Å². The number of aliphatic hydroxyl groups excluding tert-OH is 1. The first-order valence-electron chi connectivity index (χ1n) is 8.80. The van der Waals surface area contributed by atoms with Crippen molar-refractivity contribution in [3.05, 3.63) is 60.4 Å². The van der Waals surface area contributed by atoms with Gasteiger partial charge in [-0.15, -0.1) is 0 Å². The van der Waals surface area contributed by atoms with Crippen molar-refractivity contribution in [1.29, 1.82) is 0 Å². The van der Waals surface area contributed by atoms with Crippen LogP contribution in [-0.2, 0) is 6.54 Å². The summed E-state index contributed by atoms with van der Waals surface area (Å²) in [6.45, 7) is 2.17. The van der Waals surface area contributed by atoms with Crippen molar-refractivity contribution < 1.29 is 9.84 Å². The van der Waals surface area contributed by atoms with Crippen LogP contribution >= 0.6 is 0 Å². The van der Waals surface area contributed by atoms with Crippen LogP contribution in [0.5, 0.6) is 5.75 Å². The minimum absolute atomic E-state index is 0.213. The normalized spacial score (nSPS) is 21.0. The number of rotatable bonds is 4. The molecule has 2 atom stereocenters. The molecular formula is C20H22N4O2. The van der Waals surface area contributed by atoms with E-state index in [-0.39, 0.29) is 6.10 Å². The zero-order valence-corrected chi connectivity index (χ0v) is 14.5. The quantitative estimate of drug-likeness (QED) is 0.751. The van der Waals surface area contributed by atoms with Gasteiger partial charge < -0.3 is 15.6 Å². The monoisotopic (exact) mass is 350 g/mol. The van der Waals surface area contributed by atoms with Crippen LogP contribution in [0.3, 0.4) is 0 Å². The molecule has 0 bridgehead atoms. The first-order valence-corrected chi connectivity index (χ1v) is 8.80. The molecule has 1 saturated heterocycles. The van der Waals surface area contributed by atoms with Crippen molar-refractivity contribution in [2.75, 3.05) is 18.8 Å². The number of piperidine rings is 1. The smallest absolute Gasteiger partial charge is 0.127 e. The number of aliphatic hydroxyl groups is 1.